The number of rotatable bonds is 2. The minimum Gasteiger partial charge on any atom is -0.384 e. The summed E-state index contributed by atoms with van der Waals surface area (Å²) in [5.41, 5.74) is 3.56. The average molecular weight is 179 g/mol. The largest absolute Gasteiger partial charge is 0.384 e. The molecule has 2 rings (SSSR count). The van der Waals surface area contributed by atoms with Gasteiger partial charge in [-0.1, -0.05) is 19.1 Å². The van der Waals surface area contributed by atoms with E-state index in [0.717, 1.165) is 24.2 Å². The van der Waals surface area contributed by atoms with Crippen molar-refractivity contribution in [3.8, 4) is 0 Å². The van der Waals surface area contributed by atoms with Crippen molar-refractivity contribution in [2.45, 2.75) is 19.3 Å². The van der Waals surface area contributed by atoms with Crippen LogP contribution in [0.1, 0.15) is 24.0 Å². The van der Waals surface area contributed by atoms with E-state index in [4.69, 9.17) is 0 Å². The Morgan fingerprint density at radius 2 is 2.38 bits per heavy atom. The molecule has 0 saturated carbocycles. The highest BCUT2D eigenvalue weighted by molar-refractivity contribution is 5.59. The smallest absolute Gasteiger partial charge is 0.0980 e. The third kappa shape index (κ3) is 1.41. The Balaban J connectivity index is 2.37. The first kappa shape index (κ1) is 8.54. The van der Waals surface area contributed by atoms with Gasteiger partial charge in [-0.25, -0.2) is 0 Å². The predicted molar refractivity (Wildman–Crippen MR) is 53.0 cm³/mol. The van der Waals surface area contributed by atoms with E-state index in [1.807, 2.05) is 0 Å². The first-order valence-corrected chi connectivity index (χ1v) is 4.77. The molecule has 1 aromatic rings. The van der Waals surface area contributed by atoms with Crippen molar-refractivity contribution in [1.29, 1.82) is 0 Å². The minimum atomic E-state index is -0.257. The van der Waals surface area contributed by atoms with E-state index < -0.39 is 0 Å². The summed E-state index contributed by atoms with van der Waals surface area (Å²) >= 11 is 0. The summed E-state index contributed by atoms with van der Waals surface area (Å²) in [6.07, 6.45) is 1.02. The molecule has 1 unspecified atom stereocenters. The van der Waals surface area contributed by atoms with Gasteiger partial charge in [0.2, 0.25) is 0 Å². The number of anilines is 1. The zero-order valence-electron chi connectivity index (χ0n) is 7.81. The second-order valence-corrected chi connectivity index (χ2v) is 3.51. The number of alkyl halides is 1. The van der Waals surface area contributed by atoms with Crippen LogP contribution in [-0.4, -0.2) is 13.2 Å². The molecule has 1 N–H and O–H groups in total. The van der Waals surface area contributed by atoms with E-state index in [-0.39, 0.29) is 12.6 Å². The quantitative estimate of drug-likeness (QED) is 0.736. The fourth-order valence-corrected chi connectivity index (χ4v) is 1.81. The van der Waals surface area contributed by atoms with Gasteiger partial charge in [-0.3, -0.25) is 4.39 Å². The van der Waals surface area contributed by atoms with Crippen LogP contribution in [0.3, 0.4) is 0 Å². The van der Waals surface area contributed by atoms with Gasteiger partial charge >= 0.3 is 0 Å². The lowest BCUT2D eigenvalue weighted by molar-refractivity contribution is 0.446. The first-order valence-electron chi connectivity index (χ1n) is 4.77. The molecule has 1 nitrogen and oxygen atoms in total. The average Bonchev–Trinajstić information content (AvgIpc) is 2.59. The van der Waals surface area contributed by atoms with Crippen molar-refractivity contribution in [1.82, 2.24) is 0 Å². The standard InChI is InChI=1S/C11H14FN/c1-2-8-3-4-11-10(5-8)9(6-12)7-13-11/h3-5,9,13H,2,6-7H2,1H3. The van der Waals surface area contributed by atoms with Gasteiger partial charge in [-0.2, -0.15) is 0 Å². The monoisotopic (exact) mass is 179 g/mol. The van der Waals surface area contributed by atoms with Crippen LogP contribution in [0.5, 0.6) is 0 Å². The maximum atomic E-state index is 12.6. The SMILES string of the molecule is CCc1ccc2c(c1)C(CF)CN2. The van der Waals surface area contributed by atoms with Crippen LogP contribution in [0.4, 0.5) is 10.1 Å². The number of hydrogen-bond donors (Lipinski definition) is 1. The molecule has 0 aromatic heterocycles. The molecular formula is C11H14FN. The summed E-state index contributed by atoms with van der Waals surface area (Å²) in [6, 6.07) is 6.29. The van der Waals surface area contributed by atoms with Gasteiger partial charge in [0.15, 0.2) is 0 Å². The summed E-state index contributed by atoms with van der Waals surface area (Å²) in [4.78, 5) is 0. The minimum absolute atomic E-state index is 0.0708. The predicted octanol–water partition coefficient (Wildman–Crippen LogP) is 2.73. The van der Waals surface area contributed by atoms with Crippen molar-refractivity contribution in [2.24, 2.45) is 0 Å². The number of benzene rings is 1. The molecule has 0 amide bonds. The highest BCUT2D eigenvalue weighted by Gasteiger charge is 2.21. The summed E-state index contributed by atoms with van der Waals surface area (Å²) in [7, 11) is 0. The maximum absolute atomic E-state index is 12.6. The first-order chi connectivity index (χ1) is 6.35. The van der Waals surface area contributed by atoms with Gasteiger partial charge in [0.05, 0.1) is 6.67 Å². The molecule has 1 aromatic carbocycles. The molecule has 1 aliphatic rings. The molecule has 0 aliphatic carbocycles. The molecule has 1 atom stereocenters. The van der Waals surface area contributed by atoms with Gasteiger partial charge in [-0.05, 0) is 23.6 Å². The van der Waals surface area contributed by atoms with Gasteiger partial charge in [0, 0.05) is 18.2 Å². The number of nitrogens with one attached hydrogen (secondary N) is 1. The lowest BCUT2D eigenvalue weighted by Crippen LogP contribution is -2.03. The van der Waals surface area contributed by atoms with Crippen LogP contribution in [0.25, 0.3) is 0 Å². The Morgan fingerprint density at radius 3 is 3.08 bits per heavy atom. The summed E-state index contributed by atoms with van der Waals surface area (Å²) < 4.78 is 12.6. The highest BCUT2D eigenvalue weighted by Crippen LogP contribution is 2.32. The van der Waals surface area contributed by atoms with Gasteiger partial charge in [-0.15, -0.1) is 0 Å². The number of halogens is 1. The number of aryl methyl sites for hydroxylation is 1. The molecule has 2 heteroatoms. The van der Waals surface area contributed by atoms with Crippen LogP contribution in [-0.2, 0) is 6.42 Å². The Kier molecular flexibility index (Phi) is 2.21. The van der Waals surface area contributed by atoms with Crippen LogP contribution < -0.4 is 5.32 Å². The van der Waals surface area contributed by atoms with Gasteiger partial charge in [0.1, 0.15) is 0 Å². The van der Waals surface area contributed by atoms with Gasteiger partial charge < -0.3 is 5.32 Å². The normalized spacial score (nSPS) is 19.7. The lowest BCUT2D eigenvalue weighted by atomic mass is 9.99. The molecule has 1 aliphatic heterocycles. The van der Waals surface area contributed by atoms with Crippen molar-refractivity contribution < 1.29 is 4.39 Å². The van der Waals surface area contributed by atoms with Crippen molar-refractivity contribution >= 4 is 5.69 Å². The molecular weight excluding hydrogens is 165 g/mol. The molecule has 13 heavy (non-hydrogen) atoms. The summed E-state index contributed by atoms with van der Waals surface area (Å²) in [6.45, 7) is 2.61. The maximum Gasteiger partial charge on any atom is 0.0980 e. The molecule has 0 fully saturated rings. The van der Waals surface area contributed by atoms with Crippen LogP contribution in [0.2, 0.25) is 0 Å². The van der Waals surface area contributed by atoms with E-state index in [0.29, 0.717) is 0 Å². The van der Waals surface area contributed by atoms with Crippen molar-refractivity contribution in [2.75, 3.05) is 18.5 Å². The second-order valence-electron chi connectivity index (χ2n) is 3.51. The summed E-state index contributed by atoms with van der Waals surface area (Å²) in [5, 5.41) is 3.21. The Morgan fingerprint density at radius 1 is 1.54 bits per heavy atom. The van der Waals surface area contributed by atoms with E-state index in [9.17, 15) is 4.39 Å². The topological polar surface area (TPSA) is 12.0 Å². The highest BCUT2D eigenvalue weighted by atomic mass is 19.1. The Bertz CT molecular complexity index is 309. The van der Waals surface area contributed by atoms with Crippen LogP contribution in [0.15, 0.2) is 18.2 Å². The van der Waals surface area contributed by atoms with E-state index in [1.165, 1.54) is 5.56 Å². The zero-order valence-corrected chi connectivity index (χ0v) is 7.81. The Labute approximate surface area is 78.0 Å². The molecule has 0 bridgehead atoms. The van der Waals surface area contributed by atoms with Crippen LogP contribution >= 0.6 is 0 Å². The fourth-order valence-electron chi connectivity index (χ4n) is 1.81. The second kappa shape index (κ2) is 3.36. The zero-order chi connectivity index (χ0) is 9.26. The number of fused-ring (bicyclic) bond motifs is 1. The summed E-state index contributed by atoms with van der Waals surface area (Å²) in [5.74, 6) is 0.0708. The van der Waals surface area contributed by atoms with E-state index in [1.54, 1.807) is 0 Å². The Hall–Kier alpha value is -1.05. The van der Waals surface area contributed by atoms with E-state index in [2.05, 4.69) is 30.4 Å². The van der Waals surface area contributed by atoms with Crippen LogP contribution in [0, 0.1) is 0 Å². The third-order valence-corrected chi connectivity index (χ3v) is 2.69. The molecule has 0 radical (unpaired) electrons. The fraction of sp³-hybridized carbons (Fsp3) is 0.455. The van der Waals surface area contributed by atoms with Crippen molar-refractivity contribution in [3.05, 3.63) is 29.3 Å². The lowest BCUT2D eigenvalue weighted by Gasteiger charge is -2.05. The molecule has 0 spiro atoms. The third-order valence-electron chi connectivity index (χ3n) is 2.69. The number of hydrogen-bond acceptors (Lipinski definition) is 1. The molecule has 0 saturated heterocycles. The van der Waals surface area contributed by atoms with E-state index >= 15 is 0 Å². The van der Waals surface area contributed by atoms with Gasteiger partial charge in [0.25, 0.3) is 0 Å². The molecule has 70 valence electrons. The molecule has 1 heterocycles. The van der Waals surface area contributed by atoms with Crippen molar-refractivity contribution in [3.63, 3.8) is 0 Å².